The van der Waals surface area contributed by atoms with Crippen LogP contribution in [0.25, 0.3) is 43.8 Å². The zero-order valence-electron chi connectivity index (χ0n) is 31.4. The molecule has 0 aliphatic rings. The van der Waals surface area contributed by atoms with Crippen molar-refractivity contribution in [3.05, 3.63) is 217 Å². The fraction of sp³-hybridized carbons (Fsp3) is 0.137. The number of hydrogen-bond donors (Lipinski definition) is 0. The molecule has 0 spiro atoms. The van der Waals surface area contributed by atoms with Crippen molar-refractivity contribution in [1.29, 1.82) is 0 Å². The van der Waals surface area contributed by atoms with Crippen molar-refractivity contribution in [2.24, 2.45) is 0 Å². The molecule has 0 fully saturated rings. The van der Waals surface area contributed by atoms with Crippen LogP contribution >= 0.6 is 0 Å². The van der Waals surface area contributed by atoms with Crippen molar-refractivity contribution in [3.8, 4) is 22.3 Å². The van der Waals surface area contributed by atoms with Gasteiger partial charge in [-0.25, -0.2) is 0 Å². The fourth-order valence-electron chi connectivity index (χ4n) is 8.46. The first kappa shape index (κ1) is 38.6. The normalized spacial score (nSPS) is 11.2. The number of hydrogen-bond acceptors (Lipinski definition) is 0. The summed E-state index contributed by atoms with van der Waals surface area (Å²) < 4.78 is 0. The van der Waals surface area contributed by atoms with Crippen LogP contribution in [0.4, 0.5) is 0 Å². The van der Waals surface area contributed by atoms with Crippen LogP contribution in [-0.2, 0) is 44.1 Å². The number of rotatable bonds is 8. The Hall–Kier alpha value is -4.59. The van der Waals surface area contributed by atoms with Gasteiger partial charge in [-0.2, -0.15) is 12.1 Å². The fourth-order valence-corrected chi connectivity index (χ4v) is 8.46. The summed E-state index contributed by atoms with van der Waals surface area (Å²) in [5.41, 5.74) is 15.7. The van der Waals surface area contributed by atoms with E-state index in [0.717, 1.165) is 12.8 Å². The standard InChI is InChI=1S/C49H42.2CH3.Hf/c1-33-15-11-16-34(2)47(33)43-25-13-23-39-27-41(29-45(39)43)49(31-37-19-7-5-8-20-37,32-38-21-9-6-10-22-38)42-28-40-24-14-26-44(46(40)30-42)48-35(3)17-12-18-36(48)4;;;/h5-30H,31-32H2,1-4H3;2*1H3;/q-2;2*-1;+4. The Morgan fingerprint density at radius 2 is 0.769 bits per heavy atom. The van der Waals surface area contributed by atoms with Gasteiger partial charge in [-0.15, -0.1) is 69.1 Å². The van der Waals surface area contributed by atoms with Crippen molar-refractivity contribution < 1.29 is 25.8 Å². The van der Waals surface area contributed by atoms with E-state index in [2.05, 4.69) is 185 Å². The maximum absolute atomic E-state index is 2.52. The average molecular weight is 839 g/mol. The van der Waals surface area contributed by atoms with E-state index >= 15 is 0 Å². The zero-order valence-corrected chi connectivity index (χ0v) is 35.0. The molecule has 0 unspecified atom stereocenters. The van der Waals surface area contributed by atoms with Crippen LogP contribution in [0.5, 0.6) is 0 Å². The van der Waals surface area contributed by atoms with E-state index in [4.69, 9.17) is 0 Å². The molecule has 0 heterocycles. The second-order valence-corrected chi connectivity index (χ2v) is 14.0. The third kappa shape index (κ3) is 6.96. The van der Waals surface area contributed by atoms with Crippen LogP contribution in [0, 0.1) is 42.5 Å². The Morgan fingerprint density at radius 1 is 0.423 bits per heavy atom. The molecule has 0 radical (unpaired) electrons. The summed E-state index contributed by atoms with van der Waals surface area (Å²) in [5.74, 6) is 0. The van der Waals surface area contributed by atoms with E-state index in [9.17, 15) is 0 Å². The molecule has 256 valence electrons. The van der Waals surface area contributed by atoms with Crippen molar-refractivity contribution in [1.82, 2.24) is 0 Å². The van der Waals surface area contributed by atoms with E-state index in [0.29, 0.717) is 0 Å². The molecule has 0 aliphatic heterocycles. The first-order chi connectivity index (χ1) is 23.9. The molecule has 8 aromatic carbocycles. The molecule has 0 N–H and O–H groups in total. The molecule has 0 aromatic heterocycles. The number of aryl methyl sites for hydroxylation is 4. The molecule has 8 aromatic rings. The van der Waals surface area contributed by atoms with Gasteiger partial charge in [-0.3, -0.25) is 0 Å². The molecule has 0 bridgehead atoms. The van der Waals surface area contributed by atoms with Gasteiger partial charge in [0, 0.05) is 0 Å². The summed E-state index contributed by atoms with van der Waals surface area (Å²) in [5, 5.41) is 5.25. The molecular weight excluding hydrogens is 791 g/mol. The summed E-state index contributed by atoms with van der Waals surface area (Å²) in [6.07, 6.45) is 1.79. The molecule has 8 rings (SSSR count). The van der Waals surface area contributed by atoms with Crippen molar-refractivity contribution in [2.75, 3.05) is 0 Å². The van der Waals surface area contributed by atoms with Crippen LogP contribution in [-0.4, -0.2) is 0 Å². The van der Waals surface area contributed by atoms with Crippen LogP contribution in [0.3, 0.4) is 0 Å². The molecule has 52 heavy (non-hydrogen) atoms. The summed E-state index contributed by atoms with van der Waals surface area (Å²) in [6, 6.07) is 59.2. The molecule has 0 saturated heterocycles. The van der Waals surface area contributed by atoms with E-state index in [1.54, 1.807) is 0 Å². The van der Waals surface area contributed by atoms with Crippen molar-refractivity contribution >= 4 is 21.5 Å². The first-order valence-electron chi connectivity index (χ1n) is 17.5. The predicted octanol–water partition coefficient (Wildman–Crippen LogP) is 13.7. The third-order valence-electron chi connectivity index (χ3n) is 10.8. The van der Waals surface area contributed by atoms with Gasteiger partial charge in [0.15, 0.2) is 0 Å². The van der Waals surface area contributed by atoms with Gasteiger partial charge in [-0.05, 0) is 90.5 Å². The molecule has 0 amide bonds. The molecule has 1 heteroatoms. The monoisotopic (exact) mass is 840 g/mol. The van der Waals surface area contributed by atoms with Gasteiger partial charge in [-0.1, -0.05) is 120 Å². The quantitative estimate of drug-likeness (QED) is 0.106. The van der Waals surface area contributed by atoms with Gasteiger partial charge in [0.05, 0.1) is 0 Å². The molecule has 0 aliphatic carbocycles. The Labute approximate surface area is 330 Å². The van der Waals surface area contributed by atoms with Crippen molar-refractivity contribution in [3.63, 3.8) is 0 Å². The Morgan fingerprint density at radius 3 is 1.13 bits per heavy atom. The number of fused-ring (bicyclic) bond motifs is 2. The topological polar surface area (TPSA) is 0 Å². The first-order valence-corrected chi connectivity index (χ1v) is 17.5. The van der Waals surface area contributed by atoms with Crippen LogP contribution in [0.1, 0.15) is 44.5 Å². The largest absolute Gasteiger partial charge is 4.00 e. The summed E-state index contributed by atoms with van der Waals surface area (Å²) in [4.78, 5) is 0. The average Bonchev–Trinajstić information content (AvgIpc) is 3.75. The maximum atomic E-state index is 2.52. The predicted molar refractivity (Wildman–Crippen MR) is 223 cm³/mol. The van der Waals surface area contributed by atoms with Gasteiger partial charge in [0.2, 0.25) is 0 Å². The van der Waals surface area contributed by atoms with Gasteiger partial charge in [0.1, 0.15) is 0 Å². The van der Waals surface area contributed by atoms with Gasteiger partial charge >= 0.3 is 25.8 Å². The summed E-state index contributed by atoms with van der Waals surface area (Å²) >= 11 is 0. The Bertz CT molecular complexity index is 2210. The molecule has 0 atom stereocenters. The van der Waals surface area contributed by atoms with Gasteiger partial charge < -0.3 is 14.9 Å². The van der Waals surface area contributed by atoms with E-state index in [1.165, 1.54) is 88.3 Å². The second kappa shape index (κ2) is 16.0. The Balaban J connectivity index is 0.00000174. The minimum Gasteiger partial charge on any atom is -0.358 e. The van der Waals surface area contributed by atoms with E-state index in [-0.39, 0.29) is 46.1 Å². The van der Waals surface area contributed by atoms with Crippen molar-refractivity contribution in [2.45, 2.75) is 46.0 Å². The summed E-state index contributed by atoms with van der Waals surface area (Å²) in [7, 11) is 0. The van der Waals surface area contributed by atoms with E-state index in [1.807, 2.05) is 0 Å². The zero-order chi connectivity index (χ0) is 33.5. The molecular formula is C51H48Hf. The number of benzene rings is 6. The smallest absolute Gasteiger partial charge is 0.358 e. The maximum Gasteiger partial charge on any atom is 4.00 e. The minimum atomic E-state index is -0.309. The van der Waals surface area contributed by atoms with Gasteiger partial charge in [0.25, 0.3) is 0 Å². The SMILES string of the molecule is Cc1cccc(C)c1-c1cccc2[cH-]c(C(Cc3ccccc3)(Cc3ccccc3)c3cc4c(-c5c(C)cccc5C)cccc4[cH-]3)cc12.[CH3-].[CH3-].[Hf+4]. The second-order valence-electron chi connectivity index (χ2n) is 14.0. The Kier molecular flexibility index (Phi) is 11.9. The third-order valence-corrected chi connectivity index (χ3v) is 10.8. The molecule has 0 nitrogen and oxygen atoms in total. The summed E-state index contributed by atoms with van der Waals surface area (Å²) in [6.45, 7) is 8.96. The van der Waals surface area contributed by atoms with Crippen LogP contribution < -0.4 is 0 Å². The van der Waals surface area contributed by atoms with Crippen LogP contribution in [0.2, 0.25) is 0 Å². The van der Waals surface area contributed by atoms with Crippen LogP contribution in [0.15, 0.2) is 158 Å². The minimum absolute atomic E-state index is 0. The molecule has 0 saturated carbocycles. The van der Waals surface area contributed by atoms with E-state index < -0.39 is 0 Å².